The molecule has 0 fully saturated rings. The Balaban J connectivity index is 2.51. The van der Waals surface area contributed by atoms with Crippen LogP contribution in [0.25, 0.3) is 21.9 Å². The lowest BCUT2D eigenvalue weighted by Crippen LogP contribution is -2.21. The van der Waals surface area contributed by atoms with Crippen LogP contribution >= 0.6 is 11.6 Å². The fourth-order valence-electron chi connectivity index (χ4n) is 2.06. The van der Waals surface area contributed by atoms with Crippen LogP contribution in [0.5, 0.6) is 0 Å². The Morgan fingerprint density at radius 1 is 1.22 bits per heavy atom. The predicted octanol–water partition coefficient (Wildman–Crippen LogP) is 2.92. The van der Waals surface area contributed by atoms with E-state index in [4.69, 9.17) is 31.3 Å². The second kappa shape index (κ2) is 3.76. The number of nitrogens with two attached hydrogens (primary N) is 1. The van der Waals surface area contributed by atoms with E-state index in [1.807, 2.05) is 0 Å². The highest BCUT2D eigenvalue weighted by molar-refractivity contribution is 6.40. The second-order valence-electron chi connectivity index (χ2n) is 3.87. The Morgan fingerprint density at radius 2 is 1.83 bits per heavy atom. The van der Waals surface area contributed by atoms with Gasteiger partial charge in [-0.2, -0.15) is 0 Å². The number of carboxylic acid groups (broad SMARTS) is 1. The molecule has 2 aromatic heterocycles. The van der Waals surface area contributed by atoms with Gasteiger partial charge in [-0.3, -0.25) is 4.79 Å². The average Bonchev–Trinajstić information content (AvgIpc) is 2.96. The van der Waals surface area contributed by atoms with Gasteiger partial charge >= 0.3 is 5.97 Å². The fraction of sp³-hybridized carbons (Fsp3) is 0.0833. The Kier molecular flexibility index (Phi) is 2.33. The van der Waals surface area contributed by atoms with Gasteiger partial charge < -0.3 is 19.7 Å². The smallest absolute Gasteiger partial charge is 0.325 e. The number of carbonyl (C=O) groups is 1. The minimum Gasteiger partial charge on any atom is -0.480 e. The molecule has 1 atom stereocenters. The van der Waals surface area contributed by atoms with Crippen LogP contribution in [-0.2, 0) is 4.79 Å². The average molecular weight is 266 g/mol. The number of carboxylic acids is 1. The van der Waals surface area contributed by atoms with Gasteiger partial charge in [-0.05, 0) is 12.1 Å². The summed E-state index contributed by atoms with van der Waals surface area (Å²) in [5.41, 5.74) is 6.86. The molecule has 1 aromatic carbocycles. The molecule has 0 aliphatic heterocycles. The highest BCUT2D eigenvalue weighted by atomic mass is 35.5. The molecule has 0 saturated heterocycles. The lowest BCUT2D eigenvalue weighted by Gasteiger charge is -2.09. The van der Waals surface area contributed by atoms with Crippen LogP contribution in [0.3, 0.4) is 0 Å². The third-order valence-corrected chi connectivity index (χ3v) is 3.25. The molecule has 0 bridgehead atoms. The van der Waals surface area contributed by atoms with Crippen LogP contribution in [0.15, 0.2) is 33.5 Å². The monoisotopic (exact) mass is 265 g/mol. The van der Waals surface area contributed by atoms with Crippen molar-refractivity contribution in [3.05, 3.63) is 35.2 Å². The van der Waals surface area contributed by atoms with Gasteiger partial charge in [-0.25, -0.2) is 0 Å². The lowest BCUT2D eigenvalue weighted by atomic mass is 10.0. The maximum Gasteiger partial charge on any atom is 0.325 e. The molecule has 2 heterocycles. The molecule has 92 valence electrons. The minimum absolute atomic E-state index is 0.371. The number of benzene rings is 1. The van der Waals surface area contributed by atoms with E-state index in [0.717, 1.165) is 0 Å². The van der Waals surface area contributed by atoms with Crippen LogP contribution in [0, 0.1) is 0 Å². The zero-order valence-electron chi connectivity index (χ0n) is 9.01. The Bertz CT molecular complexity index is 706. The number of rotatable bonds is 2. The van der Waals surface area contributed by atoms with Gasteiger partial charge in [0.25, 0.3) is 0 Å². The van der Waals surface area contributed by atoms with Crippen LogP contribution in [0.4, 0.5) is 0 Å². The van der Waals surface area contributed by atoms with E-state index >= 15 is 0 Å². The van der Waals surface area contributed by atoms with Crippen molar-refractivity contribution in [2.24, 2.45) is 5.73 Å². The number of halogens is 1. The molecule has 0 saturated carbocycles. The topological polar surface area (TPSA) is 89.6 Å². The van der Waals surface area contributed by atoms with Gasteiger partial charge in [0.05, 0.1) is 17.5 Å². The molecule has 6 heteroatoms. The van der Waals surface area contributed by atoms with Gasteiger partial charge in [-0.15, -0.1) is 0 Å². The van der Waals surface area contributed by atoms with Crippen LogP contribution in [0.2, 0.25) is 5.02 Å². The van der Waals surface area contributed by atoms with Gasteiger partial charge in [0.1, 0.15) is 11.6 Å². The Morgan fingerprint density at radius 3 is 2.50 bits per heavy atom. The summed E-state index contributed by atoms with van der Waals surface area (Å²) in [5, 5.41) is 10.6. The minimum atomic E-state index is -1.20. The van der Waals surface area contributed by atoms with E-state index in [-0.39, 0.29) is 0 Å². The van der Waals surface area contributed by atoms with Crippen LogP contribution in [0.1, 0.15) is 11.6 Å². The summed E-state index contributed by atoms with van der Waals surface area (Å²) in [7, 11) is 0. The molecule has 5 nitrogen and oxygen atoms in total. The van der Waals surface area contributed by atoms with E-state index < -0.39 is 12.0 Å². The summed E-state index contributed by atoms with van der Waals surface area (Å²) < 4.78 is 10.6. The lowest BCUT2D eigenvalue weighted by molar-refractivity contribution is -0.138. The highest BCUT2D eigenvalue weighted by Crippen LogP contribution is 2.39. The number of furan rings is 2. The first-order chi connectivity index (χ1) is 8.61. The zero-order chi connectivity index (χ0) is 12.9. The molecule has 0 aliphatic rings. The van der Waals surface area contributed by atoms with E-state index in [2.05, 4.69) is 0 Å². The van der Waals surface area contributed by atoms with Crippen molar-refractivity contribution < 1.29 is 18.7 Å². The summed E-state index contributed by atoms with van der Waals surface area (Å²) in [4.78, 5) is 11.1. The summed E-state index contributed by atoms with van der Waals surface area (Å²) in [5.74, 6) is -1.14. The van der Waals surface area contributed by atoms with Crippen LogP contribution < -0.4 is 5.73 Å². The van der Waals surface area contributed by atoms with Gasteiger partial charge in [0.2, 0.25) is 0 Å². The summed E-state index contributed by atoms with van der Waals surface area (Å²) in [6.07, 6.45) is 2.88. The molecule has 0 aliphatic carbocycles. The highest BCUT2D eigenvalue weighted by Gasteiger charge is 2.25. The number of hydrogen-bond donors (Lipinski definition) is 2. The first kappa shape index (κ1) is 11.1. The second-order valence-corrected chi connectivity index (χ2v) is 4.25. The van der Waals surface area contributed by atoms with E-state index in [0.29, 0.717) is 32.5 Å². The van der Waals surface area contributed by atoms with Crippen molar-refractivity contribution in [2.75, 3.05) is 0 Å². The van der Waals surface area contributed by atoms with Crippen molar-refractivity contribution in [3.63, 3.8) is 0 Å². The molecule has 3 rings (SSSR count). The van der Waals surface area contributed by atoms with Crippen molar-refractivity contribution in [1.29, 1.82) is 0 Å². The first-order valence-electron chi connectivity index (χ1n) is 5.15. The van der Waals surface area contributed by atoms with Gasteiger partial charge in [0, 0.05) is 16.3 Å². The van der Waals surface area contributed by atoms with Crippen molar-refractivity contribution in [3.8, 4) is 0 Å². The maximum atomic E-state index is 11.1. The summed E-state index contributed by atoms with van der Waals surface area (Å²) >= 11 is 6.17. The quantitative estimate of drug-likeness (QED) is 0.743. The standard InChI is InChI=1S/C12H8ClNO4/c13-8-6-2-4-17-10(6)7(9(14)12(15)16)5-1-3-18-11(5)8/h1-4,9H,14H2,(H,15,16). The molecule has 1 unspecified atom stereocenters. The Hall–Kier alpha value is -1.98. The molecule has 0 spiro atoms. The largest absolute Gasteiger partial charge is 0.480 e. The van der Waals surface area contributed by atoms with Crippen LogP contribution in [-0.4, -0.2) is 11.1 Å². The number of aliphatic carboxylic acids is 1. The normalized spacial score (nSPS) is 13.2. The molecule has 18 heavy (non-hydrogen) atoms. The van der Waals surface area contributed by atoms with Gasteiger partial charge in [0.15, 0.2) is 5.58 Å². The third-order valence-electron chi connectivity index (χ3n) is 2.88. The zero-order valence-corrected chi connectivity index (χ0v) is 9.77. The summed E-state index contributed by atoms with van der Waals surface area (Å²) in [6, 6.07) is 2.08. The van der Waals surface area contributed by atoms with E-state index in [9.17, 15) is 4.79 Å². The first-order valence-corrected chi connectivity index (χ1v) is 5.53. The molecule has 0 radical (unpaired) electrons. The molecular weight excluding hydrogens is 258 g/mol. The number of hydrogen-bond acceptors (Lipinski definition) is 4. The van der Waals surface area contributed by atoms with Crippen molar-refractivity contribution in [2.45, 2.75) is 6.04 Å². The predicted molar refractivity (Wildman–Crippen MR) is 65.6 cm³/mol. The number of fused-ring (bicyclic) bond motifs is 2. The summed E-state index contributed by atoms with van der Waals surface area (Å²) in [6.45, 7) is 0. The molecular formula is C12H8ClNO4. The van der Waals surface area contributed by atoms with E-state index in [1.54, 1.807) is 12.1 Å². The molecule has 3 N–H and O–H groups in total. The Labute approximate surface area is 106 Å². The van der Waals surface area contributed by atoms with Crippen molar-refractivity contribution in [1.82, 2.24) is 0 Å². The fourth-order valence-corrected chi connectivity index (χ4v) is 2.35. The van der Waals surface area contributed by atoms with E-state index in [1.165, 1.54) is 12.5 Å². The van der Waals surface area contributed by atoms with Gasteiger partial charge in [-0.1, -0.05) is 11.6 Å². The third kappa shape index (κ3) is 1.35. The molecule has 0 amide bonds. The SMILES string of the molecule is NC(C(=O)O)c1c2ccoc2c(Cl)c2ccoc12. The maximum absolute atomic E-state index is 11.1. The molecule has 3 aromatic rings. The van der Waals surface area contributed by atoms with Crippen molar-refractivity contribution >= 4 is 39.5 Å².